The van der Waals surface area contributed by atoms with Crippen molar-refractivity contribution in [3.63, 3.8) is 0 Å². The smallest absolute Gasteiger partial charge is 0.355 e. The molecule has 4 N–H and O–H groups in total. The highest BCUT2D eigenvalue weighted by molar-refractivity contribution is 7.92. The summed E-state index contributed by atoms with van der Waals surface area (Å²) >= 11 is 0. The van der Waals surface area contributed by atoms with Crippen molar-refractivity contribution < 1.29 is 27.5 Å². The zero-order valence-corrected chi connectivity index (χ0v) is 26.3. The molecule has 3 heterocycles. The Hall–Kier alpha value is -4.91. The molecule has 236 valence electrons. The fraction of sp³-hybridized carbons (Fsp3) is 0.312. The number of esters is 1. The maximum atomic E-state index is 13.6. The minimum Gasteiger partial charge on any atom is -0.455 e. The van der Waals surface area contributed by atoms with Gasteiger partial charge in [-0.3, -0.25) is 19.3 Å². The predicted molar refractivity (Wildman–Crippen MR) is 174 cm³/mol. The molecule has 1 fully saturated rings. The van der Waals surface area contributed by atoms with Crippen molar-refractivity contribution in [1.29, 1.82) is 0 Å². The Morgan fingerprint density at radius 2 is 1.62 bits per heavy atom. The lowest BCUT2D eigenvalue weighted by Crippen LogP contribution is -2.38. The molecule has 0 bridgehead atoms. The average Bonchev–Trinajstić information content (AvgIpc) is 3.41. The number of piperidine rings is 1. The van der Waals surface area contributed by atoms with Crippen LogP contribution in [0.15, 0.2) is 67.0 Å². The van der Waals surface area contributed by atoms with Crippen LogP contribution < -0.4 is 20.3 Å². The van der Waals surface area contributed by atoms with Gasteiger partial charge in [-0.1, -0.05) is 6.07 Å². The maximum absolute atomic E-state index is 13.6. The third kappa shape index (κ3) is 8.18. The summed E-state index contributed by atoms with van der Waals surface area (Å²) in [6.45, 7) is 6.74. The lowest BCUT2D eigenvalue weighted by molar-refractivity contribution is -0.120. The molecule has 1 aliphatic heterocycles. The highest BCUT2D eigenvalue weighted by atomic mass is 32.2. The number of pyridine rings is 1. The Labute approximate surface area is 261 Å². The topological polar surface area (TPSA) is 163 Å². The molecular weight excluding hydrogens is 596 g/mol. The molecule has 0 atom stereocenters. The number of aromatic amines is 1. The second-order valence-corrected chi connectivity index (χ2v) is 13.8. The zero-order valence-electron chi connectivity index (χ0n) is 25.5. The SMILES string of the molecule is CC(C)(C)OC(=O)c1cc2ccc(NC(=O)c3cc(NS(C)(=O)=O)ccc3NC(=O)C3CCN(c4ccncc4)CC3)cc2[nH]1. The molecule has 2 aromatic carbocycles. The Morgan fingerprint density at radius 3 is 2.29 bits per heavy atom. The average molecular weight is 633 g/mol. The molecule has 13 heteroatoms. The Kier molecular flexibility index (Phi) is 8.82. The summed E-state index contributed by atoms with van der Waals surface area (Å²) < 4.78 is 31.6. The Morgan fingerprint density at radius 1 is 0.933 bits per heavy atom. The molecule has 0 radical (unpaired) electrons. The highest BCUT2D eigenvalue weighted by Crippen LogP contribution is 2.28. The van der Waals surface area contributed by atoms with Crippen LogP contribution in [0.25, 0.3) is 10.9 Å². The van der Waals surface area contributed by atoms with Crippen LogP contribution in [0.4, 0.5) is 22.7 Å². The third-order valence-corrected chi connectivity index (χ3v) is 7.82. The molecule has 12 nitrogen and oxygen atoms in total. The van der Waals surface area contributed by atoms with Crippen LogP contribution in [0.3, 0.4) is 0 Å². The summed E-state index contributed by atoms with van der Waals surface area (Å²) in [6.07, 6.45) is 5.74. The summed E-state index contributed by atoms with van der Waals surface area (Å²) in [5.41, 5.74) is 2.20. The fourth-order valence-electron chi connectivity index (χ4n) is 5.15. The number of H-pyrrole nitrogens is 1. The molecule has 2 amide bonds. The van der Waals surface area contributed by atoms with Gasteiger partial charge in [0.1, 0.15) is 11.3 Å². The number of hydrogen-bond donors (Lipinski definition) is 4. The predicted octanol–water partition coefficient (Wildman–Crippen LogP) is 5.00. The number of carbonyl (C=O) groups excluding carboxylic acids is 3. The van der Waals surface area contributed by atoms with E-state index in [1.807, 2.05) is 12.1 Å². The molecule has 2 aromatic heterocycles. The molecule has 1 aliphatic rings. The van der Waals surface area contributed by atoms with Crippen LogP contribution in [0, 0.1) is 5.92 Å². The molecule has 45 heavy (non-hydrogen) atoms. The number of anilines is 4. The van der Waals surface area contributed by atoms with Gasteiger partial charge in [0, 0.05) is 59.4 Å². The van der Waals surface area contributed by atoms with E-state index in [9.17, 15) is 22.8 Å². The van der Waals surface area contributed by atoms with E-state index in [0.29, 0.717) is 37.1 Å². The highest BCUT2D eigenvalue weighted by Gasteiger charge is 2.27. The molecule has 0 spiro atoms. The van der Waals surface area contributed by atoms with Crippen LogP contribution in [0.2, 0.25) is 0 Å². The van der Waals surface area contributed by atoms with Crippen LogP contribution in [-0.4, -0.2) is 61.1 Å². The van der Waals surface area contributed by atoms with Crippen molar-refractivity contribution in [2.75, 3.05) is 39.6 Å². The molecule has 0 unspecified atom stereocenters. The van der Waals surface area contributed by atoms with E-state index in [2.05, 4.69) is 30.2 Å². The number of aromatic nitrogens is 2. The van der Waals surface area contributed by atoms with E-state index in [1.54, 1.807) is 57.4 Å². The van der Waals surface area contributed by atoms with Gasteiger partial charge >= 0.3 is 5.97 Å². The summed E-state index contributed by atoms with van der Waals surface area (Å²) in [4.78, 5) is 48.7. The van der Waals surface area contributed by atoms with Gasteiger partial charge in [-0.15, -0.1) is 0 Å². The quantitative estimate of drug-likeness (QED) is 0.197. The number of carbonyl (C=O) groups is 3. The van der Waals surface area contributed by atoms with Crippen LogP contribution in [0.5, 0.6) is 0 Å². The van der Waals surface area contributed by atoms with Crippen molar-refractivity contribution in [3.05, 3.63) is 78.2 Å². The van der Waals surface area contributed by atoms with Gasteiger partial charge < -0.3 is 25.3 Å². The summed E-state index contributed by atoms with van der Waals surface area (Å²) in [5.74, 6) is -1.54. The fourth-order valence-corrected chi connectivity index (χ4v) is 5.71. The second-order valence-electron chi connectivity index (χ2n) is 12.0. The van der Waals surface area contributed by atoms with Gasteiger partial charge in [0.2, 0.25) is 15.9 Å². The molecular formula is C32H36N6O6S. The Balaban J connectivity index is 1.33. The molecule has 0 saturated carbocycles. The standard InChI is InChI=1S/C32H36N6O6S/c1-32(2,3)44-31(41)28-17-21-5-6-22(19-27(21)35-28)34-30(40)25-18-23(37-45(4,42)43)7-8-26(25)36-29(39)20-11-15-38(16-12-20)24-9-13-33-14-10-24/h5-10,13-14,17-20,35,37H,11-12,15-16H2,1-4H3,(H,34,40)(H,36,39). The van der Waals surface area contributed by atoms with Gasteiger partial charge in [-0.05, 0) is 82.1 Å². The van der Waals surface area contributed by atoms with E-state index >= 15 is 0 Å². The van der Waals surface area contributed by atoms with Gasteiger partial charge in [0.25, 0.3) is 5.91 Å². The Bertz CT molecular complexity index is 1840. The molecule has 4 aromatic rings. The molecule has 5 rings (SSSR count). The van der Waals surface area contributed by atoms with E-state index in [0.717, 1.165) is 17.3 Å². The van der Waals surface area contributed by atoms with Crippen LogP contribution >= 0.6 is 0 Å². The van der Waals surface area contributed by atoms with E-state index < -0.39 is 27.5 Å². The minimum atomic E-state index is -3.62. The van der Waals surface area contributed by atoms with Gasteiger partial charge in [-0.2, -0.15) is 0 Å². The summed E-state index contributed by atoms with van der Waals surface area (Å²) in [5, 5.41) is 6.46. The number of fused-ring (bicyclic) bond motifs is 1. The van der Waals surface area contributed by atoms with E-state index in [1.165, 1.54) is 18.2 Å². The lowest BCUT2D eigenvalue weighted by atomic mass is 9.95. The number of amides is 2. The van der Waals surface area contributed by atoms with Gasteiger partial charge in [0.05, 0.1) is 17.5 Å². The van der Waals surface area contributed by atoms with Crippen molar-refractivity contribution >= 4 is 61.5 Å². The first-order valence-electron chi connectivity index (χ1n) is 14.5. The number of nitrogens with one attached hydrogen (secondary N) is 4. The first-order chi connectivity index (χ1) is 21.2. The largest absolute Gasteiger partial charge is 0.455 e. The van der Waals surface area contributed by atoms with Crippen molar-refractivity contribution in [1.82, 2.24) is 9.97 Å². The van der Waals surface area contributed by atoms with Gasteiger partial charge in [0.15, 0.2) is 0 Å². The minimum absolute atomic E-state index is 0.0762. The second kappa shape index (κ2) is 12.6. The first-order valence-corrected chi connectivity index (χ1v) is 16.4. The zero-order chi connectivity index (χ0) is 32.4. The number of hydrogen-bond acceptors (Lipinski definition) is 8. The van der Waals surface area contributed by atoms with Crippen LogP contribution in [-0.2, 0) is 19.6 Å². The van der Waals surface area contributed by atoms with Crippen molar-refractivity contribution in [2.24, 2.45) is 5.92 Å². The number of benzene rings is 2. The summed E-state index contributed by atoms with van der Waals surface area (Å²) in [7, 11) is -3.62. The van der Waals surface area contributed by atoms with Crippen LogP contribution in [0.1, 0.15) is 54.5 Å². The summed E-state index contributed by atoms with van der Waals surface area (Å²) in [6, 6.07) is 15.0. The number of rotatable bonds is 8. The lowest BCUT2D eigenvalue weighted by Gasteiger charge is -2.33. The van der Waals surface area contributed by atoms with Gasteiger partial charge in [-0.25, -0.2) is 13.2 Å². The third-order valence-electron chi connectivity index (χ3n) is 7.22. The molecule has 1 saturated heterocycles. The molecule has 0 aliphatic carbocycles. The number of nitrogens with zero attached hydrogens (tertiary/aromatic N) is 2. The number of ether oxygens (including phenoxy) is 1. The first kappa shape index (κ1) is 31.5. The van der Waals surface area contributed by atoms with Crippen molar-refractivity contribution in [2.45, 2.75) is 39.2 Å². The van der Waals surface area contributed by atoms with E-state index in [4.69, 9.17) is 4.74 Å². The maximum Gasteiger partial charge on any atom is 0.355 e. The van der Waals surface area contributed by atoms with E-state index in [-0.39, 0.29) is 34.5 Å². The number of sulfonamides is 1. The normalized spacial score (nSPS) is 14.2. The van der Waals surface area contributed by atoms with Crippen molar-refractivity contribution in [3.8, 4) is 0 Å². The monoisotopic (exact) mass is 632 g/mol.